The molecule has 4 fully saturated rings. The molecule has 11 heteroatoms. The maximum atomic E-state index is 14.5. The minimum Gasteiger partial charge on any atom is -0.497 e. The van der Waals surface area contributed by atoms with Crippen LogP contribution in [0, 0.1) is 11.3 Å². The molecule has 43 heavy (non-hydrogen) atoms. The third-order valence-electron chi connectivity index (χ3n) is 10.6. The number of rotatable bonds is 8. The van der Waals surface area contributed by atoms with Crippen molar-refractivity contribution in [3.05, 3.63) is 53.1 Å². The highest BCUT2D eigenvalue weighted by Crippen LogP contribution is 2.76. The van der Waals surface area contributed by atoms with E-state index < -0.39 is 28.5 Å². The Kier molecular flexibility index (Phi) is 6.17. The van der Waals surface area contributed by atoms with Crippen molar-refractivity contribution >= 4 is 17.6 Å². The summed E-state index contributed by atoms with van der Waals surface area (Å²) < 4.78 is 40.6. The molecular weight excluding hydrogens is 556 g/mol. The van der Waals surface area contributed by atoms with Crippen molar-refractivity contribution in [2.75, 3.05) is 54.0 Å². The van der Waals surface area contributed by atoms with Crippen molar-refractivity contribution in [1.29, 1.82) is 0 Å². The van der Waals surface area contributed by atoms with Crippen LogP contribution in [0.4, 0.5) is 5.69 Å². The van der Waals surface area contributed by atoms with Gasteiger partial charge in [-0.25, -0.2) is 4.79 Å². The zero-order chi connectivity index (χ0) is 30.3. The maximum absolute atomic E-state index is 14.5. The second kappa shape index (κ2) is 9.52. The standard InChI is InChI=1S/C32H36N2O9/c1-7-17-15-34-25-13-21(17)30(29(36)41-6,16-42-28(35)18-10-23(38-3)27(40-5)24(11-18)39-4)31-14-26(34)43-32(25,31)33-22-12-19(37-2)8-9-20(22)31/h7-12,21,25-26,33H,13-16H2,1-6H3/b17-7-/t21-,25-,26-,30-,31-,32-/m0/s1. The lowest BCUT2D eigenvalue weighted by molar-refractivity contribution is -0.191. The Morgan fingerprint density at radius 2 is 1.79 bits per heavy atom. The Bertz CT molecular complexity index is 1530. The summed E-state index contributed by atoms with van der Waals surface area (Å²) in [4.78, 5) is 30.7. The SMILES string of the molecule is C/C=C1/CN2[C@@H]3C[C@@]45c6ccc(OC)cc6N[C@]4(O3)[C@@H]2C[C@@H]1[C@@]5(COC(=O)c1cc(OC)c(OC)c(OC)c1)C(=O)OC. The summed E-state index contributed by atoms with van der Waals surface area (Å²) in [5, 5.41) is 3.72. The van der Waals surface area contributed by atoms with Crippen molar-refractivity contribution in [2.45, 2.75) is 43.2 Å². The van der Waals surface area contributed by atoms with Gasteiger partial charge in [-0.3, -0.25) is 9.69 Å². The number of hydrogen-bond acceptors (Lipinski definition) is 11. The molecule has 4 aliphatic heterocycles. The molecule has 3 saturated heterocycles. The van der Waals surface area contributed by atoms with E-state index in [1.807, 2.05) is 25.1 Å². The molecule has 4 bridgehead atoms. The zero-order valence-corrected chi connectivity index (χ0v) is 25.1. The highest BCUT2D eigenvalue weighted by molar-refractivity contribution is 5.92. The number of carbonyl (C=O) groups excluding carboxylic acids is 2. The number of fused-ring (bicyclic) bond motifs is 4. The maximum Gasteiger partial charge on any atom is 0.338 e. The Hall–Kier alpha value is -3.96. The van der Waals surface area contributed by atoms with Crippen molar-refractivity contribution in [2.24, 2.45) is 11.3 Å². The normalized spacial score (nSPS) is 33.4. The lowest BCUT2D eigenvalue weighted by atomic mass is 9.42. The second-order valence-electron chi connectivity index (χ2n) is 11.7. The van der Waals surface area contributed by atoms with Crippen LogP contribution in [0.1, 0.15) is 35.7 Å². The Morgan fingerprint density at radius 1 is 1.05 bits per heavy atom. The molecule has 2 aromatic carbocycles. The predicted octanol–water partition coefficient (Wildman–Crippen LogP) is 3.51. The van der Waals surface area contributed by atoms with E-state index in [4.69, 9.17) is 33.2 Å². The van der Waals surface area contributed by atoms with Crippen LogP contribution >= 0.6 is 0 Å². The minimum atomic E-state index is -1.29. The van der Waals surface area contributed by atoms with Gasteiger partial charge in [0.25, 0.3) is 0 Å². The molecule has 0 unspecified atom stereocenters. The van der Waals surface area contributed by atoms with Gasteiger partial charge in [-0.2, -0.15) is 0 Å². The quantitative estimate of drug-likeness (QED) is 0.359. The molecule has 2 aromatic rings. The number of ether oxygens (including phenoxy) is 7. The van der Waals surface area contributed by atoms with E-state index in [-0.39, 0.29) is 30.4 Å². The lowest BCUT2D eigenvalue weighted by Crippen LogP contribution is -2.78. The Labute approximate surface area is 249 Å². The van der Waals surface area contributed by atoms with E-state index in [1.54, 1.807) is 19.2 Å². The van der Waals surface area contributed by atoms with Gasteiger partial charge in [-0.15, -0.1) is 0 Å². The van der Waals surface area contributed by atoms with Crippen LogP contribution in [0.5, 0.6) is 23.0 Å². The molecule has 11 nitrogen and oxygen atoms in total. The van der Waals surface area contributed by atoms with Crippen LogP contribution < -0.4 is 24.3 Å². The topological polar surface area (TPSA) is 114 Å². The fraction of sp³-hybridized carbons (Fsp3) is 0.500. The molecule has 1 N–H and O–H groups in total. The summed E-state index contributed by atoms with van der Waals surface area (Å²) in [5.74, 6) is 0.397. The molecule has 1 aliphatic carbocycles. The fourth-order valence-corrected chi connectivity index (χ4v) is 8.92. The Balaban J connectivity index is 1.39. The van der Waals surface area contributed by atoms with Gasteiger partial charge in [-0.1, -0.05) is 17.7 Å². The first kappa shape index (κ1) is 27.8. The van der Waals surface area contributed by atoms with Crippen LogP contribution in [0.15, 0.2) is 42.0 Å². The summed E-state index contributed by atoms with van der Waals surface area (Å²) in [5.41, 5.74) is 0.0224. The first-order chi connectivity index (χ1) is 20.8. The van der Waals surface area contributed by atoms with E-state index in [0.717, 1.165) is 16.8 Å². The number of benzene rings is 2. The van der Waals surface area contributed by atoms with Gasteiger partial charge in [0, 0.05) is 30.6 Å². The molecule has 1 saturated carbocycles. The highest BCUT2D eigenvalue weighted by Gasteiger charge is 2.87. The number of allylic oxidation sites excluding steroid dienone is 1. The first-order valence-electron chi connectivity index (χ1n) is 14.4. The third-order valence-corrected chi connectivity index (χ3v) is 10.6. The van der Waals surface area contributed by atoms with Gasteiger partial charge in [0.1, 0.15) is 24.0 Å². The summed E-state index contributed by atoms with van der Waals surface area (Å²) >= 11 is 0. The largest absolute Gasteiger partial charge is 0.497 e. The van der Waals surface area contributed by atoms with Crippen LogP contribution in [-0.4, -0.2) is 83.5 Å². The van der Waals surface area contributed by atoms with Gasteiger partial charge in [0.2, 0.25) is 5.75 Å². The van der Waals surface area contributed by atoms with Crippen molar-refractivity contribution in [3.8, 4) is 23.0 Å². The number of methoxy groups -OCH3 is 5. The van der Waals surface area contributed by atoms with E-state index in [1.165, 1.54) is 28.4 Å². The zero-order valence-electron chi connectivity index (χ0n) is 25.1. The number of nitrogens with zero attached hydrogens (tertiary/aromatic N) is 1. The average Bonchev–Trinajstić information content (AvgIpc) is 3.65. The predicted molar refractivity (Wildman–Crippen MR) is 154 cm³/mol. The molecule has 0 aromatic heterocycles. The molecule has 7 rings (SSSR count). The molecule has 6 atom stereocenters. The smallest absolute Gasteiger partial charge is 0.338 e. The Morgan fingerprint density at radius 3 is 2.42 bits per heavy atom. The first-order valence-corrected chi connectivity index (χ1v) is 14.4. The van der Waals surface area contributed by atoms with Gasteiger partial charge < -0.3 is 38.5 Å². The molecule has 5 aliphatic rings. The molecule has 4 heterocycles. The summed E-state index contributed by atoms with van der Waals surface area (Å²) in [7, 11) is 7.48. The van der Waals surface area contributed by atoms with E-state index in [0.29, 0.717) is 42.4 Å². The number of nitrogens with one attached hydrogen (secondary N) is 1. The molecule has 0 amide bonds. The fourth-order valence-electron chi connectivity index (χ4n) is 8.92. The van der Waals surface area contributed by atoms with Gasteiger partial charge >= 0.3 is 11.9 Å². The van der Waals surface area contributed by atoms with Crippen LogP contribution in [0.2, 0.25) is 0 Å². The van der Waals surface area contributed by atoms with Gasteiger partial charge in [0.15, 0.2) is 17.2 Å². The van der Waals surface area contributed by atoms with Crippen LogP contribution in [0.25, 0.3) is 0 Å². The highest BCUT2D eigenvalue weighted by atomic mass is 16.6. The number of hydrogen-bond donors (Lipinski definition) is 1. The van der Waals surface area contributed by atoms with E-state index in [9.17, 15) is 9.59 Å². The lowest BCUT2D eigenvalue weighted by Gasteiger charge is -2.64. The van der Waals surface area contributed by atoms with Crippen molar-refractivity contribution in [1.82, 2.24) is 4.90 Å². The van der Waals surface area contributed by atoms with Crippen LogP contribution in [0.3, 0.4) is 0 Å². The number of esters is 2. The van der Waals surface area contributed by atoms with Crippen molar-refractivity contribution in [3.63, 3.8) is 0 Å². The van der Waals surface area contributed by atoms with Crippen molar-refractivity contribution < 1.29 is 42.7 Å². The molecule has 0 radical (unpaired) electrons. The number of piperidine rings is 2. The number of carbonyl (C=O) groups is 2. The average molecular weight is 593 g/mol. The van der Waals surface area contributed by atoms with Gasteiger partial charge in [-0.05, 0) is 37.1 Å². The molecule has 228 valence electrons. The third kappa shape index (κ3) is 3.21. The number of anilines is 1. The van der Waals surface area contributed by atoms with Crippen LogP contribution in [-0.2, 0) is 24.4 Å². The van der Waals surface area contributed by atoms with E-state index >= 15 is 0 Å². The molecular formula is C32H36N2O9. The monoisotopic (exact) mass is 592 g/mol. The summed E-state index contributed by atoms with van der Waals surface area (Å²) in [6.45, 7) is 2.44. The summed E-state index contributed by atoms with van der Waals surface area (Å²) in [6.07, 6.45) is 3.06. The molecule has 1 spiro atoms. The van der Waals surface area contributed by atoms with Gasteiger partial charge in [0.05, 0.1) is 52.6 Å². The summed E-state index contributed by atoms with van der Waals surface area (Å²) in [6, 6.07) is 8.96. The minimum absolute atomic E-state index is 0.0157. The second-order valence-corrected chi connectivity index (χ2v) is 11.7. The van der Waals surface area contributed by atoms with E-state index in [2.05, 4.69) is 16.3 Å².